The molecule has 82 valence electrons. The van der Waals surface area contributed by atoms with E-state index >= 15 is 0 Å². The van der Waals surface area contributed by atoms with E-state index in [2.05, 4.69) is 42.9 Å². The van der Waals surface area contributed by atoms with Crippen molar-refractivity contribution in [2.45, 2.75) is 24.3 Å². The number of pyridine rings is 1. The molecule has 1 aliphatic carbocycles. The van der Waals surface area contributed by atoms with E-state index in [-0.39, 0.29) is 0 Å². The summed E-state index contributed by atoms with van der Waals surface area (Å²) in [5, 5.41) is 2.24. The summed E-state index contributed by atoms with van der Waals surface area (Å²) < 4.78 is 1.11. The lowest BCUT2D eigenvalue weighted by Gasteiger charge is -2.40. The molecule has 4 heteroatoms. The molecule has 0 bridgehead atoms. The van der Waals surface area contributed by atoms with Gasteiger partial charge in [-0.3, -0.25) is 0 Å². The Bertz CT molecular complexity index is 334. The molecule has 0 amide bonds. The van der Waals surface area contributed by atoms with E-state index in [1.165, 1.54) is 25.0 Å². The largest absolute Gasteiger partial charge is 0.249 e. The van der Waals surface area contributed by atoms with Gasteiger partial charge in [0.1, 0.15) is 5.03 Å². The fourth-order valence-electron chi connectivity index (χ4n) is 1.69. The molecule has 1 fully saturated rings. The van der Waals surface area contributed by atoms with E-state index < -0.39 is 0 Å². The zero-order valence-corrected chi connectivity index (χ0v) is 12.4. The molecule has 2 rings (SSSR count). The number of hydrogen-bond donors (Lipinski definition) is 0. The van der Waals surface area contributed by atoms with Crippen molar-refractivity contribution < 1.29 is 0 Å². The van der Waals surface area contributed by atoms with Crippen LogP contribution in [-0.2, 0) is 0 Å². The number of alkyl halides is 1. The second-order valence-corrected chi connectivity index (χ2v) is 6.45. The van der Waals surface area contributed by atoms with Crippen LogP contribution in [0.1, 0.15) is 19.3 Å². The first kappa shape index (κ1) is 11.9. The van der Waals surface area contributed by atoms with Crippen molar-refractivity contribution >= 4 is 43.6 Å². The Morgan fingerprint density at radius 3 is 2.80 bits per heavy atom. The van der Waals surface area contributed by atoms with Gasteiger partial charge in [-0.05, 0) is 46.3 Å². The maximum absolute atomic E-state index is 4.37. The minimum absolute atomic E-state index is 0.529. The molecule has 0 aliphatic heterocycles. The van der Waals surface area contributed by atoms with Crippen molar-refractivity contribution in [2.75, 3.05) is 11.1 Å². The Morgan fingerprint density at radius 1 is 1.47 bits per heavy atom. The molecule has 1 aromatic rings. The molecular formula is C11H13Br2NS. The molecule has 0 N–H and O–H groups in total. The highest BCUT2D eigenvalue weighted by molar-refractivity contribution is 9.10. The fourth-order valence-corrected chi connectivity index (χ4v) is 4.49. The summed E-state index contributed by atoms with van der Waals surface area (Å²) in [6, 6.07) is 4.01. The molecule has 1 aromatic heterocycles. The van der Waals surface area contributed by atoms with Crippen LogP contribution in [0.2, 0.25) is 0 Å². The summed E-state index contributed by atoms with van der Waals surface area (Å²) in [6.07, 6.45) is 5.95. The molecule has 0 unspecified atom stereocenters. The first-order valence-electron chi connectivity index (χ1n) is 5.05. The predicted molar refractivity (Wildman–Crippen MR) is 72.7 cm³/mol. The zero-order chi connectivity index (χ0) is 10.7. The molecule has 1 heterocycles. The highest BCUT2D eigenvalue weighted by atomic mass is 79.9. The van der Waals surface area contributed by atoms with Gasteiger partial charge in [-0.1, -0.05) is 22.4 Å². The zero-order valence-electron chi connectivity index (χ0n) is 8.38. The number of rotatable bonds is 4. The van der Waals surface area contributed by atoms with Gasteiger partial charge in [0.15, 0.2) is 0 Å². The average Bonchev–Trinajstić information content (AvgIpc) is 2.19. The maximum Gasteiger partial charge on any atom is 0.110 e. The fraction of sp³-hybridized carbons (Fsp3) is 0.545. The second-order valence-electron chi connectivity index (χ2n) is 4.07. The van der Waals surface area contributed by atoms with E-state index in [0.29, 0.717) is 5.41 Å². The second kappa shape index (κ2) is 5.19. The molecule has 0 atom stereocenters. The third-order valence-electron chi connectivity index (χ3n) is 2.94. The van der Waals surface area contributed by atoms with Crippen LogP contribution in [0.15, 0.2) is 27.8 Å². The Kier molecular flexibility index (Phi) is 4.13. The highest BCUT2D eigenvalue weighted by Gasteiger charge is 2.35. The third-order valence-corrected chi connectivity index (χ3v) is 6.38. The lowest BCUT2D eigenvalue weighted by molar-refractivity contribution is 0.206. The summed E-state index contributed by atoms with van der Waals surface area (Å²) in [5.74, 6) is 1.17. The lowest BCUT2D eigenvalue weighted by Crippen LogP contribution is -2.33. The summed E-state index contributed by atoms with van der Waals surface area (Å²) in [5.41, 5.74) is 0.529. The van der Waals surface area contributed by atoms with Gasteiger partial charge in [0.2, 0.25) is 0 Å². The molecule has 0 saturated heterocycles. The van der Waals surface area contributed by atoms with Gasteiger partial charge >= 0.3 is 0 Å². The van der Waals surface area contributed by atoms with E-state index in [0.717, 1.165) is 14.8 Å². The molecule has 0 radical (unpaired) electrons. The molecule has 0 spiro atoms. The number of nitrogens with zero attached hydrogens (tertiary/aromatic N) is 1. The van der Waals surface area contributed by atoms with Gasteiger partial charge in [0, 0.05) is 21.8 Å². The lowest BCUT2D eigenvalue weighted by atomic mass is 9.72. The van der Waals surface area contributed by atoms with Crippen LogP contribution in [0.3, 0.4) is 0 Å². The van der Waals surface area contributed by atoms with E-state index in [1.54, 1.807) is 0 Å². The van der Waals surface area contributed by atoms with Gasteiger partial charge in [-0.15, -0.1) is 11.8 Å². The molecule has 0 aromatic carbocycles. The third kappa shape index (κ3) is 2.77. The van der Waals surface area contributed by atoms with Crippen LogP contribution in [0.25, 0.3) is 0 Å². The first-order chi connectivity index (χ1) is 7.26. The normalized spacial score (nSPS) is 18.5. The van der Waals surface area contributed by atoms with Gasteiger partial charge in [-0.2, -0.15) is 0 Å². The monoisotopic (exact) mass is 349 g/mol. The van der Waals surface area contributed by atoms with Crippen LogP contribution in [0, 0.1) is 5.41 Å². The van der Waals surface area contributed by atoms with Crippen LogP contribution in [-0.4, -0.2) is 16.1 Å². The maximum atomic E-state index is 4.37. The molecule has 1 aliphatic rings. The number of hydrogen-bond acceptors (Lipinski definition) is 2. The van der Waals surface area contributed by atoms with Crippen molar-refractivity contribution in [2.24, 2.45) is 5.41 Å². The molecule has 1 saturated carbocycles. The van der Waals surface area contributed by atoms with Gasteiger partial charge in [0.25, 0.3) is 0 Å². The van der Waals surface area contributed by atoms with Gasteiger partial charge in [0.05, 0.1) is 0 Å². The average molecular weight is 351 g/mol. The van der Waals surface area contributed by atoms with Crippen molar-refractivity contribution in [1.82, 2.24) is 4.98 Å². The van der Waals surface area contributed by atoms with Gasteiger partial charge < -0.3 is 0 Å². The Balaban J connectivity index is 1.95. The quantitative estimate of drug-likeness (QED) is 0.585. The minimum atomic E-state index is 0.529. The molecular weight excluding hydrogens is 338 g/mol. The van der Waals surface area contributed by atoms with E-state index in [4.69, 9.17) is 0 Å². The number of thioether (sulfide) groups is 1. The smallest absolute Gasteiger partial charge is 0.110 e. The van der Waals surface area contributed by atoms with Crippen LogP contribution in [0.5, 0.6) is 0 Å². The molecule has 1 nitrogen and oxygen atoms in total. The van der Waals surface area contributed by atoms with Crippen molar-refractivity contribution in [3.8, 4) is 0 Å². The summed E-state index contributed by atoms with van der Waals surface area (Å²) in [7, 11) is 0. The molecule has 15 heavy (non-hydrogen) atoms. The topological polar surface area (TPSA) is 12.9 Å². The standard InChI is InChI=1S/C11H13Br2NS/c12-7-11(4-2-5-11)8-15-10-9(13)3-1-6-14-10/h1,3,6H,2,4-5,7-8H2. The first-order valence-corrected chi connectivity index (χ1v) is 7.95. The highest BCUT2D eigenvalue weighted by Crippen LogP contribution is 2.46. The van der Waals surface area contributed by atoms with Crippen molar-refractivity contribution in [3.63, 3.8) is 0 Å². The van der Waals surface area contributed by atoms with E-state index in [9.17, 15) is 0 Å². The van der Waals surface area contributed by atoms with Gasteiger partial charge in [-0.25, -0.2) is 4.98 Å². The Morgan fingerprint density at radius 2 is 2.27 bits per heavy atom. The Hall–Kier alpha value is 0.460. The van der Waals surface area contributed by atoms with Crippen molar-refractivity contribution in [1.29, 1.82) is 0 Å². The van der Waals surface area contributed by atoms with Crippen LogP contribution < -0.4 is 0 Å². The van der Waals surface area contributed by atoms with Crippen molar-refractivity contribution in [3.05, 3.63) is 22.8 Å². The number of halogens is 2. The van der Waals surface area contributed by atoms with Crippen LogP contribution >= 0.6 is 43.6 Å². The number of aromatic nitrogens is 1. The summed E-state index contributed by atoms with van der Waals surface area (Å²) in [4.78, 5) is 4.37. The van der Waals surface area contributed by atoms with Crippen LogP contribution in [0.4, 0.5) is 0 Å². The summed E-state index contributed by atoms with van der Waals surface area (Å²) >= 11 is 9.03. The SMILES string of the molecule is BrCC1(CSc2ncccc2Br)CCC1. The Labute approximate surface area is 112 Å². The van der Waals surface area contributed by atoms with E-state index in [1.807, 2.05) is 24.0 Å². The predicted octanol–water partition coefficient (Wildman–Crippen LogP) is 4.50. The summed E-state index contributed by atoms with van der Waals surface area (Å²) in [6.45, 7) is 0. The minimum Gasteiger partial charge on any atom is -0.249 e.